The minimum atomic E-state index is -0.737. The molecule has 0 fully saturated rings. The van der Waals surface area contributed by atoms with E-state index in [1.54, 1.807) is 18.3 Å². The standard InChI is InChI=1S/C16H17N7O3/c1-2-23-7-11(13(22-23)14(18)24)20-15(25)12-8-26-16(21-12)9-3-4-19-10(5-9)6-17/h3-5,7-8H,2,6,17H2,1H3,(H2,18,24)(H,20,25). The van der Waals surface area contributed by atoms with Crippen LogP contribution in [0.4, 0.5) is 5.69 Å². The molecule has 2 amide bonds. The summed E-state index contributed by atoms with van der Waals surface area (Å²) < 4.78 is 6.86. The van der Waals surface area contributed by atoms with Gasteiger partial charge < -0.3 is 21.2 Å². The van der Waals surface area contributed by atoms with Crippen molar-refractivity contribution in [2.24, 2.45) is 11.5 Å². The number of aryl methyl sites for hydroxylation is 1. The fraction of sp³-hybridized carbons (Fsp3) is 0.188. The van der Waals surface area contributed by atoms with Crippen LogP contribution >= 0.6 is 0 Å². The third-order valence-electron chi connectivity index (χ3n) is 3.58. The summed E-state index contributed by atoms with van der Waals surface area (Å²) >= 11 is 0. The SMILES string of the molecule is CCn1cc(NC(=O)c2coc(-c3ccnc(CN)c3)n2)c(C(N)=O)n1. The van der Waals surface area contributed by atoms with E-state index in [1.807, 2.05) is 6.92 Å². The summed E-state index contributed by atoms with van der Waals surface area (Å²) in [6, 6.07) is 3.42. The topological polar surface area (TPSA) is 155 Å². The number of carbonyl (C=O) groups excluding carboxylic acids is 2. The van der Waals surface area contributed by atoms with Crippen LogP contribution in [-0.2, 0) is 13.1 Å². The molecule has 0 unspecified atom stereocenters. The number of nitrogens with zero attached hydrogens (tertiary/aromatic N) is 4. The molecule has 0 atom stereocenters. The number of oxazole rings is 1. The third kappa shape index (κ3) is 3.44. The van der Waals surface area contributed by atoms with E-state index in [2.05, 4.69) is 20.4 Å². The quantitative estimate of drug-likeness (QED) is 0.589. The first kappa shape index (κ1) is 17.3. The highest BCUT2D eigenvalue weighted by atomic mass is 16.3. The zero-order chi connectivity index (χ0) is 18.7. The predicted octanol–water partition coefficient (Wildman–Crippen LogP) is 0.763. The number of pyridine rings is 1. The van der Waals surface area contributed by atoms with E-state index in [4.69, 9.17) is 15.9 Å². The van der Waals surface area contributed by atoms with Gasteiger partial charge in [-0.1, -0.05) is 0 Å². The lowest BCUT2D eigenvalue weighted by Crippen LogP contribution is -2.18. The summed E-state index contributed by atoms with van der Waals surface area (Å²) in [5.74, 6) is -1.03. The first-order valence-electron chi connectivity index (χ1n) is 7.81. The van der Waals surface area contributed by atoms with Crippen molar-refractivity contribution < 1.29 is 14.0 Å². The van der Waals surface area contributed by atoms with Gasteiger partial charge >= 0.3 is 0 Å². The molecule has 3 heterocycles. The Labute approximate surface area is 148 Å². The van der Waals surface area contributed by atoms with Crippen molar-refractivity contribution in [3.05, 3.63) is 47.9 Å². The first-order chi connectivity index (χ1) is 12.5. The molecular weight excluding hydrogens is 338 g/mol. The minimum absolute atomic E-state index is 0.0226. The van der Waals surface area contributed by atoms with Gasteiger partial charge in [0, 0.05) is 31.0 Å². The Morgan fingerprint density at radius 1 is 1.38 bits per heavy atom. The number of hydrogen-bond donors (Lipinski definition) is 3. The Hall–Kier alpha value is -3.53. The molecule has 0 bridgehead atoms. The van der Waals surface area contributed by atoms with Gasteiger partial charge in [-0.2, -0.15) is 5.10 Å². The van der Waals surface area contributed by atoms with Gasteiger partial charge in [0.1, 0.15) is 6.26 Å². The number of amides is 2. The Bertz CT molecular complexity index is 960. The lowest BCUT2D eigenvalue weighted by Gasteiger charge is -2.00. The summed E-state index contributed by atoms with van der Waals surface area (Å²) in [6.45, 7) is 2.65. The van der Waals surface area contributed by atoms with Crippen molar-refractivity contribution in [2.45, 2.75) is 20.0 Å². The second-order valence-electron chi connectivity index (χ2n) is 5.34. The van der Waals surface area contributed by atoms with Crippen molar-refractivity contribution in [3.63, 3.8) is 0 Å². The van der Waals surface area contributed by atoms with Crippen LogP contribution in [0.3, 0.4) is 0 Å². The van der Waals surface area contributed by atoms with Crippen LogP contribution in [0, 0.1) is 0 Å². The van der Waals surface area contributed by atoms with Crippen LogP contribution in [-0.4, -0.2) is 31.6 Å². The number of rotatable bonds is 6. The molecule has 0 saturated heterocycles. The number of primary amides is 1. The molecule has 0 saturated carbocycles. The number of nitrogens with one attached hydrogen (secondary N) is 1. The molecular formula is C16H17N7O3. The van der Waals surface area contributed by atoms with Crippen LogP contribution in [0.25, 0.3) is 11.5 Å². The number of anilines is 1. The Morgan fingerprint density at radius 3 is 2.88 bits per heavy atom. The number of carbonyl (C=O) groups is 2. The maximum atomic E-state index is 12.4. The number of aromatic nitrogens is 4. The van der Waals surface area contributed by atoms with E-state index in [0.29, 0.717) is 17.8 Å². The minimum Gasteiger partial charge on any atom is -0.444 e. The maximum absolute atomic E-state index is 12.4. The summed E-state index contributed by atoms with van der Waals surface area (Å²) in [6.07, 6.45) is 4.33. The van der Waals surface area contributed by atoms with Gasteiger partial charge in [-0.05, 0) is 19.1 Å². The van der Waals surface area contributed by atoms with Gasteiger partial charge in [0.05, 0.1) is 11.4 Å². The monoisotopic (exact) mass is 355 g/mol. The van der Waals surface area contributed by atoms with Crippen molar-refractivity contribution in [1.29, 1.82) is 0 Å². The van der Waals surface area contributed by atoms with E-state index in [-0.39, 0.29) is 29.5 Å². The van der Waals surface area contributed by atoms with Crippen LogP contribution in [0.2, 0.25) is 0 Å². The number of nitrogens with two attached hydrogens (primary N) is 2. The summed E-state index contributed by atoms with van der Waals surface area (Å²) in [7, 11) is 0. The van der Waals surface area contributed by atoms with E-state index in [1.165, 1.54) is 17.1 Å². The van der Waals surface area contributed by atoms with Crippen molar-refractivity contribution in [2.75, 3.05) is 5.32 Å². The van der Waals surface area contributed by atoms with Gasteiger partial charge in [0.2, 0.25) is 5.89 Å². The van der Waals surface area contributed by atoms with Crippen molar-refractivity contribution in [3.8, 4) is 11.5 Å². The average Bonchev–Trinajstić information content (AvgIpc) is 3.29. The maximum Gasteiger partial charge on any atom is 0.277 e. The van der Waals surface area contributed by atoms with Gasteiger partial charge in [-0.3, -0.25) is 19.3 Å². The molecule has 26 heavy (non-hydrogen) atoms. The van der Waals surface area contributed by atoms with Crippen LogP contribution in [0.1, 0.15) is 33.6 Å². The smallest absolute Gasteiger partial charge is 0.277 e. The molecule has 0 aromatic carbocycles. The Kier molecular flexibility index (Phi) is 4.76. The fourth-order valence-electron chi connectivity index (χ4n) is 2.28. The summed E-state index contributed by atoms with van der Waals surface area (Å²) in [5.41, 5.74) is 12.4. The van der Waals surface area contributed by atoms with E-state index >= 15 is 0 Å². The highest BCUT2D eigenvalue weighted by Crippen LogP contribution is 2.20. The zero-order valence-corrected chi connectivity index (χ0v) is 14.0. The van der Waals surface area contributed by atoms with Gasteiger partial charge in [0.15, 0.2) is 11.4 Å². The zero-order valence-electron chi connectivity index (χ0n) is 14.0. The molecule has 0 radical (unpaired) electrons. The molecule has 3 aromatic rings. The average molecular weight is 355 g/mol. The molecule has 3 aromatic heterocycles. The second-order valence-corrected chi connectivity index (χ2v) is 5.34. The van der Waals surface area contributed by atoms with E-state index in [9.17, 15) is 9.59 Å². The van der Waals surface area contributed by atoms with Gasteiger partial charge in [0.25, 0.3) is 11.8 Å². The van der Waals surface area contributed by atoms with Crippen LogP contribution < -0.4 is 16.8 Å². The predicted molar refractivity (Wildman–Crippen MR) is 92.0 cm³/mol. The molecule has 0 spiro atoms. The van der Waals surface area contributed by atoms with Gasteiger partial charge in [-0.25, -0.2) is 4.98 Å². The van der Waals surface area contributed by atoms with Crippen molar-refractivity contribution in [1.82, 2.24) is 19.7 Å². The molecule has 134 valence electrons. The number of hydrogen-bond acceptors (Lipinski definition) is 7. The molecule has 3 rings (SSSR count). The van der Waals surface area contributed by atoms with E-state index in [0.717, 1.165) is 0 Å². The Balaban J connectivity index is 1.82. The molecule has 5 N–H and O–H groups in total. The lowest BCUT2D eigenvalue weighted by molar-refractivity contribution is 0.0995. The highest BCUT2D eigenvalue weighted by Gasteiger charge is 2.19. The molecule has 0 aliphatic heterocycles. The lowest BCUT2D eigenvalue weighted by atomic mass is 10.2. The normalized spacial score (nSPS) is 10.7. The third-order valence-corrected chi connectivity index (χ3v) is 3.58. The summed E-state index contributed by atoms with van der Waals surface area (Å²) in [5, 5.41) is 6.58. The highest BCUT2D eigenvalue weighted by molar-refractivity contribution is 6.07. The largest absolute Gasteiger partial charge is 0.444 e. The van der Waals surface area contributed by atoms with E-state index < -0.39 is 11.8 Å². The Morgan fingerprint density at radius 2 is 2.19 bits per heavy atom. The second kappa shape index (κ2) is 7.15. The molecule has 0 aliphatic carbocycles. The molecule has 10 heteroatoms. The van der Waals surface area contributed by atoms with Crippen LogP contribution in [0.15, 0.2) is 35.2 Å². The summed E-state index contributed by atoms with van der Waals surface area (Å²) in [4.78, 5) is 32.1. The molecule has 10 nitrogen and oxygen atoms in total. The molecule has 0 aliphatic rings. The van der Waals surface area contributed by atoms with Gasteiger partial charge in [-0.15, -0.1) is 0 Å². The fourth-order valence-corrected chi connectivity index (χ4v) is 2.28. The van der Waals surface area contributed by atoms with Crippen LogP contribution in [0.5, 0.6) is 0 Å². The van der Waals surface area contributed by atoms with Crippen molar-refractivity contribution >= 4 is 17.5 Å². The first-order valence-corrected chi connectivity index (χ1v) is 7.81.